The molecule has 0 aromatic heterocycles. The third kappa shape index (κ3) is 8.76. The van der Waals surface area contributed by atoms with Crippen LogP contribution in [0.5, 0.6) is 0 Å². The van der Waals surface area contributed by atoms with Gasteiger partial charge >= 0.3 is 0 Å². The molecule has 0 spiro atoms. The van der Waals surface area contributed by atoms with Crippen LogP contribution in [0.2, 0.25) is 0 Å². The lowest BCUT2D eigenvalue weighted by molar-refractivity contribution is 0.642. The molecule has 1 atom stereocenters. The smallest absolute Gasteiger partial charge is 0.0464 e. The first-order valence-electron chi connectivity index (χ1n) is 16.3. The summed E-state index contributed by atoms with van der Waals surface area (Å²) in [6, 6.07) is 40.0. The molecule has 1 unspecified atom stereocenters. The van der Waals surface area contributed by atoms with Gasteiger partial charge in [0.15, 0.2) is 0 Å². The maximum absolute atomic E-state index is 2.46. The van der Waals surface area contributed by atoms with Crippen molar-refractivity contribution in [1.82, 2.24) is 0 Å². The SMILES string of the molecule is C/C=C(C)\C=C/C(C)N(c1ccc2ccccc2c1)C(C)C.CC/C=C(\C)N(c1ccc(C)cc1)c1ccc2ccccc2c1. The van der Waals surface area contributed by atoms with E-state index in [1.54, 1.807) is 0 Å². The standard InChI is InChI=1S/C22H23N.C21H27N/c1-4-7-18(3)23(21-13-10-17(2)11-14-21)22-15-12-19-8-5-6-9-20(19)16-22;1-6-17(4)11-12-18(5)22(16(2)3)21-14-13-19-9-7-8-10-20(19)15-21/h5-16H,4H2,1-3H3;6-16,18H,1-5H3/b18-7+;12-11-,17-6-. The molecule has 0 amide bonds. The Balaban J connectivity index is 0.000000205. The number of aryl methyl sites for hydroxylation is 1. The van der Waals surface area contributed by atoms with Gasteiger partial charge in [-0.15, -0.1) is 0 Å². The highest BCUT2D eigenvalue weighted by Gasteiger charge is 2.16. The van der Waals surface area contributed by atoms with Gasteiger partial charge in [0.25, 0.3) is 0 Å². The first-order valence-corrected chi connectivity index (χ1v) is 16.3. The molecule has 0 radical (unpaired) electrons. The molecule has 2 heteroatoms. The van der Waals surface area contributed by atoms with Crippen molar-refractivity contribution in [3.05, 3.63) is 150 Å². The molecule has 0 saturated heterocycles. The Morgan fingerprint density at radius 3 is 1.71 bits per heavy atom. The van der Waals surface area contributed by atoms with Crippen LogP contribution in [-0.2, 0) is 0 Å². The highest BCUT2D eigenvalue weighted by molar-refractivity contribution is 5.88. The van der Waals surface area contributed by atoms with Gasteiger partial charge in [-0.2, -0.15) is 0 Å². The average Bonchev–Trinajstić information content (AvgIpc) is 3.05. The predicted octanol–water partition coefficient (Wildman–Crippen LogP) is 12.6. The normalized spacial score (nSPS) is 12.8. The van der Waals surface area contributed by atoms with E-state index in [4.69, 9.17) is 0 Å². The Labute approximate surface area is 272 Å². The Kier molecular flexibility index (Phi) is 11.8. The molecule has 5 aromatic carbocycles. The van der Waals surface area contributed by atoms with Crippen molar-refractivity contribution in [2.24, 2.45) is 0 Å². The Morgan fingerprint density at radius 2 is 1.18 bits per heavy atom. The average molecular weight is 595 g/mol. The molecular formula is C43H50N2. The van der Waals surface area contributed by atoms with Crippen molar-refractivity contribution in [3.63, 3.8) is 0 Å². The molecule has 0 fully saturated rings. The zero-order valence-corrected chi connectivity index (χ0v) is 28.5. The van der Waals surface area contributed by atoms with Crippen LogP contribution in [0.3, 0.4) is 0 Å². The van der Waals surface area contributed by atoms with E-state index in [0.717, 1.165) is 6.42 Å². The second kappa shape index (κ2) is 16.0. The first kappa shape index (κ1) is 33.3. The van der Waals surface area contributed by atoms with Gasteiger partial charge < -0.3 is 9.80 Å². The Morgan fingerprint density at radius 1 is 0.667 bits per heavy atom. The van der Waals surface area contributed by atoms with Gasteiger partial charge in [0.1, 0.15) is 0 Å². The second-order valence-electron chi connectivity index (χ2n) is 12.1. The van der Waals surface area contributed by atoms with Crippen LogP contribution in [0.15, 0.2) is 145 Å². The fraction of sp³-hybridized carbons (Fsp3) is 0.256. The maximum atomic E-state index is 2.46. The second-order valence-corrected chi connectivity index (χ2v) is 12.1. The lowest BCUT2D eigenvalue weighted by atomic mass is 10.1. The van der Waals surface area contributed by atoms with E-state index in [1.807, 2.05) is 0 Å². The summed E-state index contributed by atoms with van der Waals surface area (Å²) in [5.74, 6) is 0. The molecule has 0 aliphatic carbocycles. The minimum absolute atomic E-state index is 0.357. The summed E-state index contributed by atoms with van der Waals surface area (Å²) >= 11 is 0. The van der Waals surface area contributed by atoms with Crippen LogP contribution < -0.4 is 9.80 Å². The van der Waals surface area contributed by atoms with E-state index in [0.29, 0.717) is 12.1 Å². The summed E-state index contributed by atoms with van der Waals surface area (Å²) < 4.78 is 0. The fourth-order valence-corrected chi connectivity index (χ4v) is 5.77. The van der Waals surface area contributed by atoms with Gasteiger partial charge in [-0.1, -0.05) is 115 Å². The Hall–Kier alpha value is -4.56. The molecule has 5 aromatic rings. The zero-order chi connectivity index (χ0) is 32.3. The molecule has 0 aliphatic heterocycles. The van der Waals surface area contributed by atoms with Crippen molar-refractivity contribution < 1.29 is 0 Å². The number of hydrogen-bond donors (Lipinski definition) is 0. The highest BCUT2D eigenvalue weighted by Crippen LogP contribution is 2.32. The first-order chi connectivity index (χ1) is 21.7. The van der Waals surface area contributed by atoms with Gasteiger partial charge in [0.2, 0.25) is 0 Å². The van der Waals surface area contributed by atoms with Gasteiger partial charge in [0.05, 0.1) is 0 Å². The number of anilines is 3. The largest absolute Gasteiger partial charge is 0.363 e. The lowest BCUT2D eigenvalue weighted by Gasteiger charge is -2.34. The zero-order valence-electron chi connectivity index (χ0n) is 28.5. The van der Waals surface area contributed by atoms with Gasteiger partial charge in [-0.05, 0) is 113 Å². The molecule has 0 N–H and O–H groups in total. The van der Waals surface area contributed by atoms with E-state index >= 15 is 0 Å². The van der Waals surface area contributed by atoms with Crippen molar-refractivity contribution in [2.75, 3.05) is 9.80 Å². The van der Waals surface area contributed by atoms with E-state index in [9.17, 15) is 0 Å². The van der Waals surface area contributed by atoms with E-state index in [1.165, 1.54) is 55.4 Å². The van der Waals surface area contributed by atoms with E-state index < -0.39 is 0 Å². The minimum Gasteiger partial charge on any atom is -0.363 e. The van der Waals surface area contributed by atoms with Crippen molar-refractivity contribution >= 4 is 38.6 Å². The van der Waals surface area contributed by atoms with Gasteiger partial charge in [-0.3, -0.25) is 0 Å². The maximum Gasteiger partial charge on any atom is 0.0464 e. The molecule has 0 bridgehead atoms. The molecule has 2 nitrogen and oxygen atoms in total. The molecule has 0 heterocycles. The third-order valence-electron chi connectivity index (χ3n) is 8.25. The number of hydrogen-bond acceptors (Lipinski definition) is 2. The van der Waals surface area contributed by atoms with Crippen molar-refractivity contribution in [1.29, 1.82) is 0 Å². The number of fused-ring (bicyclic) bond motifs is 2. The quantitative estimate of drug-likeness (QED) is 0.157. The minimum atomic E-state index is 0.357. The summed E-state index contributed by atoms with van der Waals surface area (Å²) in [5, 5.41) is 5.14. The van der Waals surface area contributed by atoms with Crippen LogP contribution in [0.25, 0.3) is 21.5 Å². The number of nitrogens with zero attached hydrogens (tertiary/aromatic N) is 2. The van der Waals surface area contributed by atoms with Gasteiger partial charge in [-0.25, -0.2) is 0 Å². The number of allylic oxidation sites excluding steroid dienone is 5. The molecule has 0 saturated carbocycles. The summed E-state index contributed by atoms with van der Waals surface area (Å²) in [7, 11) is 0. The summed E-state index contributed by atoms with van der Waals surface area (Å²) in [5.41, 5.74) is 7.52. The third-order valence-corrected chi connectivity index (χ3v) is 8.25. The van der Waals surface area contributed by atoms with Crippen molar-refractivity contribution in [2.45, 2.75) is 73.9 Å². The highest BCUT2D eigenvalue weighted by atomic mass is 15.2. The van der Waals surface area contributed by atoms with Crippen LogP contribution in [0, 0.1) is 6.92 Å². The van der Waals surface area contributed by atoms with Crippen LogP contribution >= 0.6 is 0 Å². The summed E-state index contributed by atoms with van der Waals surface area (Å²) in [4.78, 5) is 4.79. The lowest BCUT2D eigenvalue weighted by Crippen LogP contribution is -2.37. The van der Waals surface area contributed by atoms with Gasteiger partial charge in [0, 0.05) is 34.8 Å². The Bertz CT molecular complexity index is 1770. The molecule has 0 aliphatic rings. The molecule has 45 heavy (non-hydrogen) atoms. The topological polar surface area (TPSA) is 6.48 Å². The van der Waals surface area contributed by atoms with E-state index in [2.05, 4.69) is 199 Å². The summed E-state index contributed by atoms with van der Waals surface area (Å²) in [6.07, 6.45) is 9.93. The monoisotopic (exact) mass is 594 g/mol. The van der Waals surface area contributed by atoms with Crippen LogP contribution in [-0.4, -0.2) is 12.1 Å². The van der Waals surface area contributed by atoms with Crippen molar-refractivity contribution in [3.8, 4) is 0 Å². The number of benzene rings is 5. The van der Waals surface area contributed by atoms with E-state index in [-0.39, 0.29) is 0 Å². The predicted molar refractivity (Wildman–Crippen MR) is 201 cm³/mol. The number of rotatable bonds is 9. The van der Waals surface area contributed by atoms with Crippen LogP contribution in [0.4, 0.5) is 17.1 Å². The molecule has 5 rings (SSSR count). The molecular weight excluding hydrogens is 544 g/mol. The summed E-state index contributed by atoms with van der Waals surface area (Å²) in [6.45, 7) is 17.5. The fourth-order valence-electron chi connectivity index (χ4n) is 5.77. The molecule has 232 valence electrons. The van der Waals surface area contributed by atoms with Crippen LogP contribution in [0.1, 0.15) is 60.5 Å².